The molecule has 0 bridgehead atoms. The van der Waals surface area contributed by atoms with Gasteiger partial charge in [0.15, 0.2) is 5.82 Å². The lowest BCUT2D eigenvalue weighted by molar-refractivity contribution is -0.119. The van der Waals surface area contributed by atoms with Gasteiger partial charge in [0, 0.05) is 29.3 Å². The van der Waals surface area contributed by atoms with Gasteiger partial charge in [-0.05, 0) is 30.3 Å². The van der Waals surface area contributed by atoms with Gasteiger partial charge in [0.2, 0.25) is 5.91 Å². The molecule has 0 aliphatic rings. The van der Waals surface area contributed by atoms with E-state index in [2.05, 4.69) is 30.7 Å². The number of carbonyl (C=O) groups is 1. The number of rotatable bonds is 5. The molecule has 8 heteroatoms. The predicted molar refractivity (Wildman–Crippen MR) is 97.4 cm³/mol. The first-order chi connectivity index (χ1) is 12.7. The Balaban J connectivity index is 1.66. The zero-order valence-corrected chi connectivity index (χ0v) is 14.0. The van der Waals surface area contributed by atoms with Crippen molar-refractivity contribution in [1.29, 1.82) is 0 Å². The maximum absolute atomic E-state index is 11.6. The average molecular weight is 348 g/mol. The monoisotopic (exact) mass is 348 g/mol. The first-order valence-corrected chi connectivity index (χ1v) is 7.97. The Morgan fingerprint density at radius 1 is 1.12 bits per heavy atom. The van der Waals surface area contributed by atoms with Gasteiger partial charge < -0.3 is 10.1 Å². The van der Waals surface area contributed by atoms with Crippen molar-refractivity contribution >= 4 is 22.5 Å². The molecule has 2 aromatic heterocycles. The Hall–Kier alpha value is -3.52. The number of aromatic amines is 2. The molecule has 0 aliphatic heterocycles. The van der Waals surface area contributed by atoms with Crippen LogP contribution in [0.25, 0.3) is 33.5 Å². The number of hydrogen-bond donors (Lipinski definition) is 3. The fourth-order valence-corrected chi connectivity index (χ4v) is 2.77. The molecule has 0 atom stereocenters. The van der Waals surface area contributed by atoms with Gasteiger partial charge in [0.1, 0.15) is 12.9 Å². The molecule has 0 saturated heterocycles. The number of benzene rings is 2. The van der Waals surface area contributed by atoms with Crippen molar-refractivity contribution in [1.82, 2.24) is 25.4 Å². The number of ether oxygens (including phenoxy) is 1. The third-order valence-corrected chi connectivity index (χ3v) is 3.97. The quantitative estimate of drug-likeness (QED) is 0.514. The highest BCUT2D eigenvalue weighted by molar-refractivity contribution is 5.96. The molecule has 130 valence electrons. The maximum atomic E-state index is 11.6. The van der Waals surface area contributed by atoms with Crippen molar-refractivity contribution in [3.63, 3.8) is 0 Å². The minimum Gasteiger partial charge on any atom is -0.375 e. The molecule has 4 aromatic rings. The molecule has 0 radical (unpaired) electrons. The smallest absolute Gasteiger partial charge is 0.250 e. The number of anilines is 1. The Morgan fingerprint density at radius 3 is 2.65 bits per heavy atom. The molecule has 0 unspecified atom stereocenters. The van der Waals surface area contributed by atoms with Crippen molar-refractivity contribution in [2.24, 2.45) is 0 Å². The van der Waals surface area contributed by atoms with Crippen molar-refractivity contribution < 1.29 is 9.53 Å². The zero-order valence-electron chi connectivity index (χ0n) is 14.0. The highest BCUT2D eigenvalue weighted by atomic mass is 16.5. The third kappa shape index (κ3) is 3.05. The van der Waals surface area contributed by atoms with Crippen molar-refractivity contribution in [2.75, 3.05) is 19.0 Å². The summed E-state index contributed by atoms with van der Waals surface area (Å²) in [4.78, 5) is 15.8. The molecule has 2 heterocycles. The predicted octanol–water partition coefficient (Wildman–Crippen LogP) is 2.60. The molecule has 0 aliphatic carbocycles. The number of carbonyl (C=O) groups excluding carboxylic acids is 1. The number of amides is 1. The third-order valence-electron chi connectivity index (χ3n) is 3.97. The van der Waals surface area contributed by atoms with E-state index >= 15 is 0 Å². The number of nitrogens with one attached hydrogen (secondary N) is 3. The molecule has 26 heavy (non-hydrogen) atoms. The Bertz CT molecular complexity index is 1040. The fraction of sp³-hybridized carbons (Fsp3) is 0.111. The van der Waals surface area contributed by atoms with Crippen LogP contribution < -0.4 is 5.32 Å². The molecule has 1 amide bonds. The number of aromatic nitrogens is 5. The molecule has 8 nitrogen and oxygen atoms in total. The summed E-state index contributed by atoms with van der Waals surface area (Å²) >= 11 is 0. The average Bonchev–Trinajstić information content (AvgIpc) is 3.32. The van der Waals surface area contributed by atoms with Gasteiger partial charge in [0.05, 0.1) is 11.2 Å². The van der Waals surface area contributed by atoms with Gasteiger partial charge in [0.25, 0.3) is 0 Å². The van der Waals surface area contributed by atoms with Crippen LogP contribution in [-0.4, -0.2) is 45.0 Å². The second-order valence-electron chi connectivity index (χ2n) is 5.73. The normalized spacial score (nSPS) is 11.0. The summed E-state index contributed by atoms with van der Waals surface area (Å²) < 4.78 is 4.81. The number of hydrogen-bond acceptors (Lipinski definition) is 5. The van der Waals surface area contributed by atoms with Crippen molar-refractivity contribution in [3.05, 3.63) is 48.8 Å². The fourth-order valence-electron chi connectivity index (χ4n) is 2.77. The van der Waals surface area contributed by atoms with Crippen LogP contribution in [0.2, 0.25) is 0 Å². The van der Waals surface area contributed by atoms with E-state index in [-0.39, 0.29) is 12.5 Å². The molecular formula is C18H16N6O2. The van der Waals surface area contributed by atoms with Crippen LogP contribution in [0.15, 0.2) is 48.8 Å². The van der Waals surface area contributed by atoms with E-state index in [0.717, 1.165) is 27.7 Å². The standard InChI is InChI=1S/C18H16N6O2/c1-26-9-16(25)21-13-5-2-11(3-6-13)17-14-8-12(18-19-10-20-24-18)4-7-15(14)22-23-17/h2-8,10H,9H2,1H3,(H,21,25)(H,22,23)(H,19,20,24). The summed E-state index contributed by atoms with van der Waals surface area (Å²) in [5.74, 6) is 0.512. The summed E-state index contributed by atoms with van der Waals surface area (Å²) in [7, 11) is 1.48. The summed E-state index contributed by atoms with van der Waals surface area (Å²) in [6.45, 7) is 0.0240. The summed E-state index contributed by atoms with van der Waals surface area (Å²) in [5, 5.41) is 18.0. The van der Waals surface area contributed by atoms with Crippen LogP contribution in [0.5, 0.6) is 0 Å². The molecule has 0 spiro atoms. The number of fused-ring (bicyclic) bond motifs is 1. The van der Waals surface area contributed by atoms with Gasteiger partial charge in [-0.1, -0.05) is 12.1 Å². The molecule has 4 rings (SSSR count). The summed E-state index contributed by atoms with van der Waals surface area (Å²) in [5.41, 5.74) is 4.34. The zero-order chi connectivity index (χ0) is 17.9. The lowest BCUT2D eigenvalue weighted by Gasteiger charge is -2.05. The SMILES string of the molecule is COCC(=O)Nc1ccc(-c2n[nH]c3ccc(-c4ncn[nH]4)cc23)cc1. The van der Waals surface area contributed by atoms with E-state index < -0.39 is 0 Å². The number of methoxy groups -OCH3 is 1. The molecule has 0 fully saturated rings. The van der Waals surface area contributed by atoms with E-state index in [0.29, 0.717) is 11.5 Å². The first-order valence-electron chi connectivity index (χ1n) is 7.97. The van der Waals surface area contributed by atoms with Crippen molar-refractivity contribution in [2.45, 2.75) is 0 Å². The van der Waals surface area contributed by atoms with E-state index in [1.807, 2.05) is 42.5 Å². The van der Waals surface area contributed by atoms with Gasteiger partial charge >= 0.3 is 0 Å². The second kappa shape index (κ2) is 6.77. The van der Waals surface area contributed by atoms with Crippen LogP contribution in [-0.2, 0) is 9.53 Å². The molecule has 2 aromatic carbocycles. The topological polar surface area (TPSA) is 109 Å². The van der Waals surface area contributed by atoms with Crippen LogP contribution >= 0.6 is 0 Å². The minimum atomic E-state index is -0.192. The summed E-state index contributed by atoms with van der Waals surface area (Å²) in [6.07, 6.45) is 1.48. The number of H-pyrrole nitrogens is 2. The van der Waals surface area contributed by atoms with Crippen molar-refractivity contribution in [3.8, 4) is 22.6 Å². The molecule has 3 N–H and O–H groups in total. The maximum Gasteiger partial charge on any atom is 0.250 e. The molecular weight excluding hydrogens is 332 g/mol. The second-order valence-corrected chi connectivity index (χ2v) is 5.73. The van der Waals surface area contributed by atoms with E-state index in [9.17, 15) is 4.79 Å². The lowest BCUT2D eigenvalue weighted by Crippen LogP contribution is -2.16. The number of nitrogens with zero attached hydrogens (tertiary/aromatic N) is 3. The highest BCUT2D eigenvalue weighted by Crippen LogP contribution is 2.30. The Labute approximate surface area is 148 Å². The highest BCUT2D eigenvalue weighted by Gasteiger charge is 2.11. The van der Waals surface area contributed by atoms with Crippen LogP contribution in [0, 0.1) is 0 Å². The lowest BCUT2D eigenvalue weighted by atomic mass is 10.0. The Kier molecular flexibility index (Phi) is 4.16. The Morgan fingerprint density at radius 2 is 1.92 bits per heavy atom. The van der Waals surface area contributed by atoms with Gasteiger partial charge in [-0.2, -0.15) is 10.2 Å². The van der Waals surface area contributed by atoms with Gasteiger partial charge in [-0.15, -0.1) is 0 Å². The van der Waals surface area contributed by atoms with E-state index in [4.69, 9.17) is 4.74 Å². The summed E-state index contributed by atoms with van der Waals surface area (Å²) in [6, 6.07) is 13.4. The van der Waals surface area contributed by atoms with Gasteiger partial charge in [-0.3, -0.25) is 15.0 Å². The van der Waals surface area contributed by atoms with E-state index in [1.165, 1.54) is 13.4 Å². The van der Waals surface area contributed by atoms with Crippen LogP contribution in [0.3, 0.4) is 0 Å². The van der Waals surface area contributed by atoms with Crippen LogP contribution in [0.4, 0.5) is 5.69 Å². The van der Waals surface area contributed by atoms with E-state index in [1.54, 1.807) is 0 Å². The van der Waals surface area contributed by atoms with Crippen LogP contribution in [0.1, 0.15) is 0 Å². The first kappa shape index (κ1) is 16.0. The largest absolute Gasteiger partial charge is 0.375 e. The minimum absolute atomic E-state index is 0.0240. The molecule has 0 saturated carbocycles. The van der Waals surface area contributed by atoms with Gasteiger partial charge in [-0.25, -0.2) is 4.98 Å².